The van der Waals surface area contributed by atoms with E-state index < -0.39 is 6.10 Å². The van der Waals surface area contributed by atoms with Gasteiger partial charge in [0.05, 0.1) is 10.2 Å². The summed E-state index contributed by atoms with van der Waals surface area (Å²) in [5, 5.41) is 18.4. The van der Waals surface area contributed by atoms with Gasteiger partial charge in [0.2, 0.25) is 0 Å². The van der Waals surface area contributed by atoms with E-state index in [1.165, 1.54) is 11.3 Å². The van der Waals surface area contributed by atoms with E-state index >= 15 is 0 Å². The lowest BCUT2D eigenvalue weighted by Crippen LogP contribution is -2.44. The van der Waals surface area contributed by atoms with Gasteiger partial charge in [0.25, 0.3) is 5.91 Å². The summed E-state index contributed by atoms with van der Waals surface area (Å²) in [6, 6.07) is 13.0. The van der Waals surface area contributed by atoms with Gasteiger partial charge >= 0.3 is 0 Å². The van der Waals surface area contributed by atoms with Crippen molar-refractivity contribution in [2.75, 3.05) is 13.2 Å². The maximum absolute atomic E-state index is 12.6. The fourth-order valence-electron chi connectivity index (χ4n) is 3.77. The van der Waals surface area contributed by atoms with E-state index in [2.05, 4.69) is 15.6 Å². The fraction of sp³-hybridized carbons (Fsp3) is 0.391. The van der Waals surface area contributed by atoms with E-state index in [0.717, 1.165) is 35.9 Å². The molecule has 32 heavy (non-hydrogen) atoms. The van der Waals surface area contributed by atoms with Crippen LogP contribution >= 0.6 is 34.5 Å². The van der Waals surface area contributed by atoms with Gasteiger partial charge < -0.3 is 20.5 Å². The highest BCUT2D eigenvalue weighted by molar-refractivity contribution is 7.20. The SMILES string of the molecule is O=C(N[C@H]1CC[C@H](NCC(O)COc2ccc(Cl)cc2)CC1)c1nc2cc(Cl)ccc2s1. The van der Waals surface area contributed by atoms with Gasteiger partial charge in [-0.1, -0.05) is 23.2 Å². The van der Waals surface area contributed by atoms with Crippen molar-refractivity contribution in [2.45, 2.75) is 43.9 Å². The number of aliphatic hydroxyl groups excluding tert-OH is 1. The number of thiazole rings is 1. The van der Waals surface area contributed by atoms with Crippen LogP contribution in [0.25, 0.3) is 10.2 Å². The predicted octanol–water partition coefficient (Wildman–Crippen LogP) is 4.67. The molecule has 3 aromatic rings. The summed E-state index contributed by atoms with van der Waals surface area (Å²) in [5.41, 5.74) is 0.749. The normalized spacial score (nSPS) is 19.6. The molecule has 4 rings (SSSR count). The van der Waals surface area contributed by atoms with Crippen LogP contribution in [0, 0.1) is 0 Å². The second-order valence-corrected chi connectivity index (χ2v) is 9.88. The molecule has 1 unspecified atom stereocenters. The first-order valence-electron chi connectivity index (χ1n) is 10.6. The number of hydrogen-bond acceptors (Lipinski definition) is 6. The molecule has 1 fully saturated rings. The number of rotatable bonds is 8. The average Bonchev–Trinajstić information content (AvgIpc) is 3.21. The van der Waals surface area contributed by atoms with Gasteiger partial charge in [0.15, 0.2) is 5.01 Å². The molecule has 1 saturated carbocycles. The minimum Gasteiger partial charge on any atom is -0.491 e. The number of aromatic nitrogens is 1. The van der Waals surface area contributed by atoms with Crippen LogP contribution in [0.3, 0.4) is 0 Å². The first-order chi connectivity index (χ1) is 15.5. The third kappa shape index (κ3) is 6.33. The molecule has 9 heteroatoms. The van der Waals surface area contributed by atoms with E-state index in [4.69, 9.17) is 27.9 Å². The Morgan fingerprint density at radius 1 is 1.09 bits per heavy atom. The Kier molecular flexibility index (Phi) is 7.86. The minimum atomic E-state index is -0.601. The van der Waals surface area contributed by atoms with Crippen molar-refractivity contribution in [3.05, 3.63) is 57.5 Å². The Labute approximate surface area is 200 Å². The molecule has 6 nitrogen and oxygen atoms in total. The van der Waals surface area contributed by atoms with Crippen molar-refractivity contribution < 1.29 is 14.6 Å². The van der Waals surface area contributed by atoms with Crippen LogP contribution in [0.5, 0.6) is 5.75 Å². The fourth-order valence-corrected chi connectivity index (χ4v) is 4.91. The Morgan fingerprint density at radius 2 is 1.78 bits per heavy atom. The van der Waals surface area contributed by atoms with E-state index in [1.54, 1.807) is 36.4 Å². The van der Waals surface area contributed by atoms with Gasteiger partial charge in [-0.3, -0.25) is 4.79 Å². The van der Waals surface area contributed by atoms with Crippen LogP contribution < -0.4 is 15.4 Å². The van der Waals surface area contributed by atoms with Crippen molar-refractivity contribution in [2.24, 2.45) is 0 Å². The van der Waals surface area contributed by atoms with Gasteiger partial charge in [-0.25, -0.2) is 4.98 Å². The molecule has 0 radical (unpaired) electrons. The molecule has 1 aliphatic rings. The number of aliphatic hydroxyl groups is 1. The maximum atomic E-state index is 12.6. The maximum Gasteiger partial charge on any atom is 0.280 e. The molecule has 1 heterocycles. The molecule has 0 aliphatic heterocycles. The molecule has 1 atom stereocenters. The van der Waals surface area contributed by atoms with Crippen LogP contribution in [0.4, 0.5) is 0 Å². The smallest absolute Gasteiger partial charge is 0.280 e. The lowest BCUT2D eigenvalue weighted by molar-refractivity contribution is 0.0915. The van der Waals surface area contributed by atoms with E-state index in [-0.39, 0.29) is 18.6 Å². The van der Waals surface area contributed by atoms with E-state index in [0.29, 0.717) is 33.4 Å². The summed E-state index contributed by atoms with van der Waals surface area (Å²) < 4.78 is 6.54. The number of amides is 1. The predicted molar refractivity (Wildman–Crippen MR) is 129 cm³/mol. The number of ether oxygens (including phenoxy) is 1. The molecule has 3 N–H and O–H groups in total. The van der Waals surface area contributed by atoms with Crippen molar-refractivity contribution in [3.63, 3.8) is 0 Å². The third-order valence-electron chi connectivity index (χ3n) is 5.50. The zero-order chi connectivity index (χ0) is 22.5. The molecule has 2 aromatic carbocycles. The number of halogens is 2. The number of fused-ring (bicyclic) bond motifs is 1. The number of carbonyl (C=O) groups is 1. The topological polar surface area (TPSA) is 83.5 Å². The number of nitrogens with zero attached hydrogens (tertiary/aromatic N) is 1. The highest BCUT2D eigenvalue weighted by Gasteiger charge is 2.24. The highest BCUT2D eigenvalue weighted by atomic mass is 35.5. The quantitative estimate of drug-likeness (QED) is 0.424. The molecule has 170 valence electrons. The Hall–Kier alpha value is -1.90. The third-order valence-corrected chi connectivity index (χ3v) is 7.03. The average molecular weight is 494 g/mol. The van der Waals surface area contributed by atoms with Crippen molar-refractivity contribution >= 4 is 50.7 Å². The summed E-state index contributed by atoms with van der Waals surface area (Å²) in [7, 11) is 0. The summed E-state index contributed by atoms with van der Waals surface area (Å²) in [6.07, 6.45) is 3.04. The Bertz CT molecular complexity index is 1050. The minimum absolute atomic E-state index is 0.131. The number of benzene rings is 2. The van der Waals surface area contributed by atoms with Gasteiger partial charge in [0.1, 0.15) is 18.5 Å². The van der Waals surface area contributed by atoms with Crippen molar-refractivity contribution in [1.82, 2.24) is 15.6 Å². The standard InChI is InChI=1S/C23H25Cl2N3O3S/c24-14-1-8-19(9-2-14)31-13-18(29)12-26-16-4-6-17(7-5-16)27-22(30)23-28-20-11-15(25)3-10-21(20)32-23/h1-3,8-11,16-18,26,29H,4-7,12-13H2,(H,27,30)/t16-,17-,18?. The van der Waals surface area contributed by atoms with E-state index in [9.17, 15) is 9.90 Å². The Balaban J connectivity index is 1.16. The lowest BCUT2D eigenvalue weighted by Gasteiger charge is -2.30. The summed E-state index contributed by atoms with van der Waals surface area (Å²) in [4.78, 5) is 17.0. The van der Waals surface area contributed by atoms with Gasteiger partial charge in [-0.2, -0.15) is 0 Å². The molecule has 0 bridgehead atoms. The van der Waals surface area contributed by atoms with Gasteiger partial charge in [-0.15, -0.1) is 11.3 Å². The van der Waals surface area contributed by atoms with Gasteiger partial charge in [0, 0.05) is 28.7 Å². The first-order valence-corrected chi connectivity index (χ1v) is 12.2. The van der Waals surface area contributed by atoms with Crippen molar-refractivity contribution in [1.29, 1.82) is 0 Å². The molecule has 1 aliphatic carbocycles. The van der Waals surface area contributed by atoms with Gasteiger partial charge in [-0.05, 0) is 68.1 Å². The molecule has 0 spiro atoms. The first kappa shape index (κ1) is 23.3. The molecule has 1 amide bonds. The summed E-state index contributed by atoms with van der Waals surface area (Å²) >= 11 is 13.2. The Morgan fingerprint density at radius 3 is 2.53 bits per heavy atom. The van der Waals surface area contributed by atoms with Crippen LogP contribution in [-0.2, 0) is 0 Å². The summed E-state index contributed by atoms with van der Waals surface area (Å²) in [6.45, 7) is 0.678. The molecule has 1 aromatic heterocycles. The zero-order valence-corrected chi connectivity index (χ0v) is 19.7. The molecular weight excluding hydrogens is 469 g/mol. The summed E-state index contributed by atoms with van der Waals surface area (Å²) in [5.74, 6) is 0.550. The number of hydrogen-bond donors (Lipinski definition) is 3. The van der Waals surface area contributed by atoms with Crippen LogP contribution in [0.2, 0.25) is 10.0 Å². The largest absolute Gasteiger partial charge is 0.491 e. The van der Waals surface area contributed by atoms with Crippen molar-refractivity contribution in [3.8, 4) is 5.75 Å². The second-order valence-electron chi connectivity index (χ2n) is 7.98. The molecular formula is C23H25Cl2N3O3S. The van der Waals surface area contributed by atoms with Crippen LogP contribution in [-0.4, -0.2) is 47.3 Å². The lowest BCUT2D eigenvalue weighted by atomic mass is 9.91. The van der Waals surface area contributed by atoms with Crippen LogP contribution in [0.15, 0.2) is 42.5 Å². The monoisotopic (exact) mass is 493 g/mol. The van der Waals surface area contributed by atoms with E-state index in [1.807, 2.05) is 6.07 Å². The zero-order valence-electron chi connectivity index (χ0n) is 17.4. The second kappa shape index (κ2) is 10.8. The number of carbonyl (C=O) groups excluding carboxylic acids is 1. The van der Waals surface area contributed by atoms with Crippen LogP contribution in [0.1, 0.15) is 35.5 Å². The molecule has 0 saturated heterocycles. The number of nitrogens with one attached hydrogen (secondary N) is 2. The highest BCUT2D eigenvalue weighted by Crippen LogP contribution is 2.26.